The molecule has 0 N–H and O–H groups in total. The van der Waals surface area contributed by atoms with Crippen molar-refractivity contribution in [2.75, 3.05) is 6.26 Å². The predicted octanol–water partition coefficient (Wildman–Crippen LogP) is 4.83. The summed E-state index contributed by atoms with van der Waals surface area (Å²) in [5.74, 6) is 1.31. The van der Waals surface area contributed by atoms with Crippen LogP contribution in [0.1, 0.15) is 5.56 Å². The summed E-state index contributed by atoms with van der Waals surface area (Å²) in [5, 5.41) is 9.20. The Balaban J connectivity index is 2.35. The van der Waals surface area contributed by atoms with Gasteiger partial charge in [0.2, 0.25) is 0 Å². The van der Waals surface area contributed by atoms with Gasteiger partial charge in [0, 0.05) is 9.37 Å². The monoisotopic (exact) mass is 319 g/mol. The van der Waals surface area contributed by atoms with Crippen molar-refractivity contribution in [3.8, 4) is 17.6 Å². The largest absolute Gasteiger partial charge is 0.456 e. The molecule has 0 radical (unpaired) electrons. The SMILES string of the molecule is CSc1cccc(Oc2ccc(Br)cc2)c1C#N. The number of nitrogens with zero attached hydrogens (tertiary/aromatic N) is 1. The van der Waals surface area contributed by atoms with Gasteiger partial charge in [0.15, 0.2) is 0 Å². The van der Waals surface area contributed by atoms with Crippen LogP contribution >= 0.6 is 27.7 Å². The van der Waals surface area contributed by atoms with Gasteiger partial charge in [-0.3, -0.25) is 0 Å². The van der Waals surface area contributed by atoms with Crippen LogP contribution in [0.2, 0.25) is 0 Å². The molecule has 0 unspecified atom stereocenters. The average molecular weight is 320 g/mol. The average Bonchev–Trinajstić information content (AvgIpc) is 2.41. The van der Waals surface area contributed by atoms with E-state index in [-0.39, 0.29) is 0 Å². The van der Waals surface area contributed by atoms with E-state index >= 15 is 0 Å². The fourth-order valence-corrected chi connectivity index (χ4v) is 2.34. The number of hydrogen-bond donors (Lipinski definition) is 0. The second-order valence-corrected chi connectivity index (χ2v) is 5.26. The molecule has 0 atom stereocenters. The maximum Gasteiger partial charge on any atom is 0.146 e. The minimum atomic E-state index is 0.577. The highest BCUT2D eigenvalue weighted by Gasteiger charge is 2.09. The smallest absolute Gasteiger partial charge is 0.146 e. The molecule has 90 valence electrons. The summed E-state index contributed by atoms with van der Waals surface area (Å²) in [7, 11) is 0. The quantitative estimate of drug-likeness (QED) is 0.759. The number of rotatable bonds is 3. The Labute approximate surface area is 119 Å². The van der Waals surface area contributed by atoms with Crippen molar-refractivity contribution in [2.45, 2.75) is 4.90 Å². The van der Waals surface area contributed by atoms with Crippen molar-refractivity contribution in [3.05, 3.63) is 52.5 Å². The Bertz CT molecular complexity index is 590. The lowest BCUT2D eigenvalue weighted by molar-refractivity contribution is 0.479. The number of thioether (sulfide) groups is 1. The van der Waals surface area contributed by atoms with E-state index in [9.17, 15) is 5.26 Å². The molecule has 4 heteroatoms. The molecular weight excluding hydrogens is 310 g/mol. The van der Waals surface area contributed by atoms with Gasteiger partial charge in [-0.05, 0) is 42.7 Å². The zero-order valence-electron chi connectivity index (χ0n) is 9.68. The molecule has 0 saturated carbocycles. The molecule has 0 aromatic heterocycles. The molecule has 0 fully saturated rings. The van der Waals surface area contributed by atoms with Crippen LogP contribution in [0, 0.1) is 11.3 Å². The van der Waals surface area contributed by atoms with E-state index in [4.69, 9.17) is 4.74 Å². The minimum Gasteiger partial charge on any atom is -0.456 e. The summed E-state index contributed by atoms with van der Waals surface area (Å²) in [6.45, 7) is 0. The van der Waals surface area contributed by atoms with Crippen LogP contribution in [0.5, 0.6) is 11.5 Å². The standard InChI is InChI=1S/C14H10BrNOS/c1-18-14-4-2-3-13(12(14)9-16)17-11-7-5-10(15)6-8-11/h2-8H,1H3. The maximum absolute atomic E-state index is 9.20. The molecule has 0 aliphatic rings. The van der Waals surface area contributed by atoms with E-state index in [0.29, 0.717) is 17.1 Å². The van der Waals surface area contributed by atoms with Crippen LogP contribution < -0.4 is 4.74 Å². The molecule has 2 rings (SSSR count). The lowest BCUT2D eigenvalue weighted by Gasteiger charge is -2.09. The number of nitriles is 1. The Morgan fingerprint density at radius 2 is 1.89 bits per heavy atom. The molecule has 0 spiro atoms. The summed E-state index contributed by atoms with van der Waals surface area (Å²) in [6.07, 6.45) is 1.94. The second kappa shape index (κ2) is 5.94. The third-order valence-corrected chi connectivity index (χ3v) is 3.67. The van der Waals surface area contributed by atoms with E-state index in [1.54, 1.807) is 6.07 Å². The van der Waals surface area contributed by atoms with Crippen molar-refractivity contribution in [1.82, 2.24) is 0 Å². The first kappa shape index (κ1) is 13.0. The van der Waals surface area contributed by atoms with Crippen LogP contribution in [0.4, 0.5) is 0 Å². The van der Waals surface area contributed by atoms with E-state index in [1.165, 1.54) is 11.8 Å². The topological polar surface area (TPSA) is 33.0 Å². The van der Waals surface area contributed by atoms with E-state index < -0.39 is 0 Å². The van der Waals surface area contributed by atoms with E-state index in [0.717, 1.165) is 9.37 Å². The molecule has 0 aliphatic carbocycles. The first-order valence-electron chi connectivity index (χ1n) is 5.25. The van der Waals surface area contributed by atoms with Gasteiger partial charge in [0.25, 0.3) is 0 Å². The molecule has 0 heterocycles. The van der Waals surface area contributed by atoms with Crippen LogP contribution in [-0.2, 0) is 0 Å². The van der Waals surface area contributed by atoms with Crippen molar-refractivity contribution >= 4 is 27.7 Å². The van der Waals surface area contributed by atoms with E-state index in [1.807, 2.05) is 42.7 Å². The van der Waals surface area contributed by atoms with Gasteiger partial charge in [-0.2, -0.15) is 5.26 Å². The van der Waals surface area contributed by atoms with Crippen molar-refractivity contribution in [3.63, 3.8) is 0 Å². The Hall–Kier alpha value is -1.44. The number of ether oxygens (including phenoxy) is 1. The lowest BCUT2D eigenvalue weighted by Crippen LogP contribution is -1.90. The maximum atomic E-state index is 9.20. The van der Waals surface area contributed by atoms with Crippen LogP contribution in [-0.4, -0.2) is 6.26 Å². The van der Waals surface area contributed by atoms with Gasteiger partial charge in [-0.15, -0.1) is 11.8 Å². The summed E-state index contributed by atoms with van der Waals surface area (Å²) < 4.78 is 6.73. The van der Waals surface area contributed by atoms with Crippen LogP contribution in [0.25, 0.3) is 0 Å². The molecule has 18 heavy (non-hydrogen) atoms. The zero-order chi connectivity index (χ0) is 13.0. The van der Waals surface area contributed by atoms with Gasteiger partial charge in [-0.1, -0.05) is 22.0 Å². The second-order valence-electron chi connectivity index (χ2n) is 3.50. The molecule has 2 aromatic rings. The number of halogens is 1. The molecule has 0 saturated heterocycles. The van der Waals surface area contributed by atoms with Crippen molar-refractivity contribution in [1.29, 1.82) is 5.26 Å². The Morgan fingerprint density at radius 1 is 1.17 bits per heavy atom. The number of benzene rings is 2. The molecule has 2 nitrogen and oxygen atoms in total. The Morgan fingerprint density at radius 3 is 2.50 bits per heavy atom. The highest BCUT2D eigenvalue weighted by molar-refractivity contribution is 9.10. The zero-order valence-corrected chi connectivity index (χ0v) is 12.1. The normalized spacial score (nSPS) is 9.83. The van der Waals surface area contributed by atoms with Gasteiger partial charge in [0.05, 0.1) is 0 Å². The predicted molar refractivity (Wildman–Crippen MR) is 77.2 cm³/mol. The fourth-order valence-electron chi connectivity index (χ4n) is 1.51. The first-order valence-corrected chi connectivity index (χ1v) is 7.27. The number of hydrogen-bond acceptors (Lipinski definition) is 3. The first-order chi connectivity index (χ1) is 8.74. The minimum absolute atomic E-state index is 0.577. The van der Waals surface area contributed by atoms with E-state index in [2.05, 4.69) is 22.0 Å². The van der Waals surface area contributed by atoms with Crippen LogP contribution in [0.15, 0.2) is 51.8 Å². The van der Waals surface area contributed by atoms with Crippen molar-refractivity contribution in [2.24, 2.45) is 0 Å². The van der Waals surface area contributed by atoms with Gasteiger partial charge >= 0.3 is 0 Å². The molecule has 2 aromatic carbocycles. The summed E-state index contributed by atoms with van der Waals surface area (Å²) in [4.78, 5) is 0.923. The third kappa shape index (κ3) is 2.87. The summed E-state index contributed by atoms with van der Waals surface area (Å²) in [6, 6.07) is 15.3. The summed E-state index contributed by atoms with van der Waals surface area (Å²) >= 11 is 4.91. The third-order valence-electron chi connectivity index (χ3n) is 2.36. The van der Waals surface area contributed by atoms with Crippen LogP contribution in [0.3, 0.4) is 0 Å². The molecular formula is C14H10BrNOS. The molecule has 0 amide bonds. The molecule has 0 bridgehead atoms. The van der Waals surface area contributed by atoms with Gasteiger partial charge in [0.1, 0.15) is 23.1 Å². The highest BCUT2D eigenvalue weighted by Crippen LogP contribution is 2.31. The molecule has 0 aliphatic heterocycles. The highest BCUT2D eigenvalue weighted by atomic mass is 79.9. The Kier molecular flexibility index (Phi) is 4.29. The summed E-state index contributed by atoms with van der Waals surface area (Å²) in [5.41, 5.74) is 0.577. The van der Waals surface area contributed by atoms with Gasteiger partial charge in [-0.25, -0.2) is 0 Å². The fraction of sp³-hybridized carbons (Fsp3) is 0.0714. The van der Waals surface area contributed by atoms with Crippen molar-refractivity contribution < 1.29 is 4.74 Å². The van der Waals surface area contributed by atoms with Gasteiger partial charge < -0.3 is 4.74 Å². The lowest BCUT2D eigenvalue weighted by atomic mass is 10.2.